The molecule has 8 heteroatoms. The van der Waals surface area contributed by atoms with E-state index in [9.17, 15) is 9.59 Å². The van der Waals surface area contributed by atoms with E-state index in [1.165, 1.54) is 0 Å². The van der Waals surface area contributed by atoms with Crippen molar-refractivity contribution in [3.05, 3.63) is 65.2 Å². The molecule has 4 aromatic rings. The summed E-state index contributed by atoms with van der Waals surface area (Å²) in [5.74, 6) is -0.190. The number of thiophene rings is 1. The predicted octanol–water partition coefficient (Wildman–Crippen LogP) is 5.23. The molecule has 3 aromatic heterocycles. The SMILES string of the molecule is CC(C)n1ncc2c(C(=O)Nc3ccc(C(=O)N4CCCC4)cc3)cc(-c3cccs3)nc21. The normalized spacial score (nSPS) is 13.7. The number of amides is 2. The number of benzene rings is 1. The van der Waals surface area contributed by atoms with E-state index in [1.807, 2.05) is 47.0 Å². The van der Waals surface area contributed by atoms with Crippen molar-refractivity contribution in [2.75, 3.05) is 18.4 Å². The fraction of sp³-hybridized carbons (Fsp3) is 0.280. The van der Waals surface area contributed by atoms with Gasteiger partial charge in [-0.3, -0.25) is 9.59 Å². The van der Waals surface area contributed by atoms with Gasteiger partial charge in [0.05, 0.1) is 27.7 Å². The Morgan fingerprint density at radius 3 is 2.52 bits per heavy atom. The third-order valence-electron chi connectivity index (χ3n) is 5.86. The van der Waals surface area contributed by atoms with E-state index >= 15 is 0 Å². The second-order valence-electron chi connectivity index (χ2n) is 8.48. The van der Waals surface area contributed by atoms with Gasteiger partial charge in [-0.1, -0.05) is 6.07 Å². The van der Waals surface area contributed by atoms with Crippen molar-refractivity contribution in [1.82, 2.24) is 19.7 Å². The maximum absolute atomic E-state index is 13.3. The van der Waals surface area contributed by atoms with Crippen LogP contribution in [0.25, 0.3) is 21.6 Å². The lowest BCUT2D eigenvalue weighted by Crippen LogP contribution is -2.27. The standard InChI is InChI=1S/C25H25N5O2S/c1-16(2)30-23-20(15-26-30)19(14-21(28-23)22-6-5-13-33-22)24(31)27-18-9-7-17(8-10-18)25(32)29-11-3-4-12-29/h5-10,13-16H,3-4,11-12H2,1-2H3,(H,27,31). The molecular formula is C25H25N5O2S. The maximum Gasteiger partial charge on any atom is 0.256 e. The molecule has 7 nitrogen and oxygen atoms in total. The molecule has 0 aliphatic carbocycles. The van der Waals surface area contributed by atoms with Crippen molar-refractivity contribution < 1.29 is 9.59 Å². The molecule has 2 amide bonds. The van der Waals surface area contributed by atoms with Gasteiger partial charge in [0, 0.05) is 30.4 Å². The number of likely N-dealkylation sites (tertiary alicyclic amines) is 1. The minimum atomic E-state index is -0.234. The number of fused-ring (bicyclic) bond motifs is 1. The molecule has 1 fully saturated rings. The van der Waals surface area contributed by atoms with Crippen LogP contribution in [-0.2, 0) is 0 Å². The molecule has 0 radical (unpaired) electrons. The van der Waals surface area contributed by atoms with Gasteiger partial charge in [0.25, 0.3) is 11.8 Å². The first-order valence-electron chi connectivity index (χ1n) is 11.1. The van der Waals surface area contributed by atoms with Crippen LogP contribution < -0.4 is 5.32 Å². The number of nitrogens with zero attached hydrogens (tertiary/aromatic N) is 4. The van der Waals surface area contributed by atoms with Gasteiger partial charge in [-0.05, 0) is 68.5 Å². The van der Waals surface area contributed by atoms with Crippen molar-refractivity contribution in [3.63, 3.8) is 0 Å². The lowest BCUT2D eigenvalue weighted by molar-refractivity contribution is 0.0792. The summed E-state index contributed by atoms with van der Waals surface area (Å²) in [6.07, 6.45) is 3.82. The first-order valence-corrected chi connectivity index (χ1v) is 12.0. The highest BCUT2D eigenvalue weighted by atomic mass is 32.1. The van der Waals surface area contributed by atoms with Gasteiger partial charge in [0.1, 0.15) is 0 Å². The van der Waals surface area contributed by atoms with Crippen LogP contribution in [0, 0.1) is 0 Å². The number of aromatic nitrogens is 3. The molecule has 1 saturated heterocycles. The van der Waals surface area contributed by atoms with Gasteiger partial charge >= 0.3 is 0 Å². The molecule has 0 spiro atoms. The number of anilines is 1. The average Bonchev–Trinajstić information content (AvgIpc) is 3.60. The Morgan fingerprint density at radius 2 is 1.85 bits per heavy atom. The van der Waals surface area contributed by atoms with Crippen molar-refractivity contribution in [1.29, 1.82) is 0 Å². The smallest absolute Gasteiger partial charge is 0.256 e. The first kappa shape index (κ1) is 21.3. The Labute approximate surface area is 196 Å². The van der Waals surface area contributed by atoms with Gasteiger partial charge in [0.2, 0.25) is 0 Å². The predicted molar refractivity (Wildman–Crippen MR) is 131 cm³/mol. The minimum Gasteiger partial charge on any atom is -0.339 e. The second kappa shape index (κ2) is 8.78. The van der Waals surface area contributed by atoms with E-state index in [0.29, 0.717) is 27.8 Å². The highest BCUT2D eigenvalue weighted by molar-refractivity contribution is 7.13. The zero-order chi connectivity index (χ0) is 22.9. The third-order valence-corrected chi connectivity index (χ3v) is 6.75. The monoisotopic (exact) mass is 459 g/mol. The number of pyridine rings is 1. The summed E-state index contributed by atoms with van der Waals surface area (Å²) in [6.45, 7) is 5.70. The van der Waals surface area contributed by atoms with Gasteiger partial charge < -0.3 is 10.2 Å². The molecule has 5 rings (SSSR count). The van der Waals surface area contributed by atoms with E-state index in [1.54, 1.807) is 41.8 Å². The lowest BCUT2D eigenvalue weighted by Gasteiger charge is -2.15. The summed E-state index contributed by atoms with van der Waals surface area (Å²) in [5.41, 5.74) is 3.23. The van der Waals surface area contributed by atoms with Gasteiger partial charge in [-0.2, -0.15) is 5.10 Å². The fourth-order valence-corrected chi connectivity index (χ4v) is 4.82. The summed E-state index contributed by atoms with van der Waals surface area (Å²) in [7, 11) is 0. The fourth-order valence-electron chi connectivity index (χ4n) is 4.13. The molecule has 1 N–H and O–H groups in total. The quantitative estimate of drug-likeness (QED) is 0.443. The molecule has 1 aliphatic rings. The third kappa shape index (κ3) is 4.14. The van der Waals surface area contributed by atoms with Crippen LogP contribution in [0.5, 0.6) is 0 Å². The van der Waals surface area contributed by atoms with E-state index in [-0.39, 0.29) is 17.9 Å². The van der Waals surface area contributed by atoms with Crippen LogP contribution >= 0.6 is 11.3 Å². The number of rotatable bonds is 5. The number of carbonyl (C=O) groups is 2. The molecule has 1 aromatic carbocycles. The lowest BCUT2D eigenvalue weighted by atomic mass is 10.1. The number of hydrogen-bond donors (Lipinski definition) is 1. The average molecular weight is 460 g/mol. The molecule has 1 aliphatic heterocycles. The zero-order valence-corrected chi connectivity index (χ0v) is 19.4. The Bertz CT molecular complexity index is 1300. The molecule has 0 saturated carbocycles. The van der Waals surface area contributed by atoms with Crippen LogP contribution in [0.2, 0.25) is 0 Å². The van der Waals surface area contributed by atoms with Crippen LogP contribution in [0.4, 0.5) is 5.69 Å². The Hall–Kier alpha value is -3.52. The zero-order valence-electron chi connectivity index (χ0n) is 18.6. The summed E-state index contributed by atoms with van der Waals surface area (Å²) in [5, 5.41) is 10.1. The Kier molecular flexibility index (Phi) is 5.68. The van der Waals surface area contributed by atoms with Crippen LogP contribution in [0.3, 0.4) is 0 Å². The summed E-state index contributed by atoms with van der Waals surface area (Å²) >= 11 is 1.58. The van der Waals surface area contributed by atoms with Crippen LogP contribution in [0.1, 0.15) is 53.4 Å². The van der Waals surface area contributed by atoms with Crippen molar-refractivity contribution in [3.8, 4) is 10.6 Å². The topological polar surface area (TPSA) is 80.1 Å². The maximum atomic E-state index is 13.3. The summed E-state index contributed by atoms with van der Waals surface area (Å²) in [6, 6.07) is 13.0. The van der Waals surface area contributed by atoms with Crippen LogP contribution in [0.15, 0.2) is 54.0 Å². The van der Waals surface area contributed by atoms with Gasteiger partial charge in [-0.15, -0.1) is 11.3 Å². The minimum absolute atomic E-state index is 0.0444. The van der Waals surface area contributed by atoms with E-state index in [0.717, 1.165) is 36.5 Å². The summed E-state index contributed by atoms with van der Waals surface area (Å²) in [4.78, 5) is 33.6. The van der Waals surface area contributed by atoms with E-state index in [4.69, 9.17) is 4.98 Å². The Balaban J connectivity index is 1.45. The first-order chi connectivity index (χ1) is 16.0. The molecule has 4 heterocycles. The summed E-state index contributed by atoms with van der Waals surface area (Å²) < 4.78 is 1.84. The van der Waals surface area contributed by atoms with Crippen molar-refractivity contribution in [2.45, 2.75) is 32.7 Å². The highest BCUT2D eigenvalue weighted by Crippen LogP contribution is 2.29. The largest absolute Gasteiger partial charge is 0.339 e. The molecule has 0 atom stereocenters. The number of hydrogen-bond acceptors (Lipinski definition) is 5. The molecule has 0 unspecified atom stereocenters. The highest BCUT2D eigenvalue weighted by Gasteiger charge is 2.21. The van der Waals surface area contributed by atoms with Crippen molar-refractivity contribution in [2.24, 2.45) is 0 Å². The van der Waals surface area contributed by atoms with Gasteiger partial charge in [0.15, 0.2) is 5.65 Å². The number of carbonyl (C=O) groups excluding carboxylic acids is 2. The second-order valence-corrected chi connectivity index (χ2v) is 9.43. The van der Waals surface area contributed by atoms with E-state index in [2.05, 4.69) is 10.4 Å². The van der Waals surface area contributed by atoms with Crippen LogP contribution in [-0.4, -0.2) is 44.6 Å². The number of nitrogens with one attached hydrogen (secondary N) is 1. The molecule has 168 valence electrons. The Morgan fingerprint density at radius 1 is 1.09 bits per heavy atom. The van der Waals surface area contributed by atoms with Gasteiger partial charge in [-0.25, -0.2) is 9.67 Å². The molecular weight excluding hydrogens is 434 g/mol. The molecule has 0 bridgehead atoms. The molecule has 33 heavy (non-hydrogen) atoms. The van der Waals surface area contributed by atoms with Crippen molar-refractivity contribution >= 4 is 39.9 Å². The van der Waals surface area contributed by atoms with E-state index < -0.39 is 0 Å².